The van der Waals surface area contributed by atoms with Crippen LogP contribution in [0.25, 0.3) is 10.9 Å². The van der Waals surface area contributed by atoms with Crippen LogP contribution in [0.4, 0.5) is 10.5 Å². The molecule has 0 spiro atoms. The average molecular weight is 418 g/mol. The van der Waals surface area contributed by atoms with Gasteiger partial charge in [0.2, 0.25) is 5.91 Å². The van der Waals surface area contributed by atoms with E-state index < -0.39 is 23.9 Å². The molecule has 0 radical (unpaired) electrons. The molecule has 1 aliphatic rings. The van der Waals surface area contributed by atoms with Gasteiger partial charge in [0.1, 0.15) is 18.4 Å². The highest BCUT2D eigenvalue weighted by Gasteiger charge is 2.37. The molecule has 2 aromatic carbocycles. The van der Waals surface area contributed by atoms with Crippen molar-refractivity contribution in [1.29, 1.82) is 0 Å². The summed E-state index contributed by atoms with van der Waals surface area (Å²) in [6, 6.07) is 15.5. The highest BCUT2D eigenvalue weighted by molar-refractivity contribution is 6.07. The normalized spacial score (nSPS) is 16.5. The number of aryl methyl sites for hydroxylation is 1. The Kier molecular flexibility index (Phi) is 5.53. The van der Waals surface area contributed by atoms with E-state index in [9.17, 15) is 14.4 Å². The van der Waals surface area contributed by atoms with Crippen molar-refractivity contribution in [2.24, 2.45) is 5.92 Å². The summed E-state index contributed by atoms with van der Waals surface area (Å²) in [6.07, 6.45) is 0. The third kappa shape index (κ3) is 4.48. The summed E-state index contributed by atoms with van der Waals surface area (Å²) < 4.78 is 5.93. The number of urea groups is 1. The van der Waals surface area contributed by atoms with Crippen molar-refractivity contribution in [1.82, 2.24) is 15.6 Å². The maximum absolute atomic E-state index is 12.4. The monoisotopic (exact) mass is 418 g/mol. The van der Waals surface area contributed by atoms with Crippen LogP contribution in [0.2, 0.25) is 0 Å². The maximum Gasteiger partial charge on any atom is 0.322 e. The number of amides is 4. The van der Waals surface area contributed by atoms with E-state index in [0.29, 0.717) is 18.0 Å². The van der Waals surface area contributed by atoms with Gasteiger partial charge in [-0.25, -0.2) is 4.79 Å². The van der Waals surface area contributed by atoms with Gasteiger partial charge in [0.05, 0.1) is 11.4 Å². The predicted molar refractivity (Wildman–Crippen MR) is 116 cm³/mol. The fourth-order valence-corrected chi connectivity index (χ4v) is 3.50. The smallest absolute Gasteiger partial charge is 0.322 e. The van der Waals surface area contributed by atoms with E-state index in [-0.39, 0.29) is 5.91 Å². The van der Waals surface area contributed by atoms with E-state index in [1.54, 1.807) is 31.2 Å². The second-order valence-corrected chi connectivity index (χ2v) is 7.47. The number of anilines is 1. The molecule has 1 fully saturated rings. The molecule has 0 saturated carbocycles. The van der Waals surface area contributed by atoms with Gasteiger partial charge in [0.15, 0.2) is 0 Å². The van der Waals surface area contributed by atoms with E-state index in [1.165, 1.54) is 0 Å². The lowest BCUT2D eigenvalue weighted by atomic mass is 10.0. The van der Waals surface area contributed by atoms with Gasteiger partial charge in [-0.1, -0.05) is 25.1 Å². The largest absolute Gasteiger partial charge is 0.489 e. The van der Waals surface area contributed by atoms with Crippen molar-refractivity contribution in [3.05, 3.63) is 65.9 Å². The standard InChI is InChI=1S/C23H22N4O4/c1-13-11-15(18-5-3-4-6-19(18)24-13)12-31-17-9-7-16(8-10-17)25-21(28)14(2)20-22(29)27-23(30)26-20/h3-11,14,20H,12H2,1-2H3,(H,25,28)(H2,26,27,29,30). The number of carbonyl (C=O) groups excluding carboxylic acids is 3. The van der Waals surface area contributed by atoms with Gasteiger partial charge < -0.3 is 15.4 Å². The second-order valence-electron chi connectivity index (χ2n) is 7.47. The molecule has 4 rings (SSSR count). The van der Waals surface area contributed by atoms with Crippen molar-refractivity contribution >= 4 is 34.4 Å². The number of imide groups is 1. The molecule has 0 bridgehead atoms. The summed E-state index contributed by atoms with van der Waals surface area (Å²) in [5, 5.41) is 8.37. The third-order valence-electron chi connectivity index (χ3n) is 5.17. The van der Waals surface area contributed by atoms with Crippen LogP contribution in [0, 0.1) is 12.8 Å². The van der Waals surface area contributed by atoms with E-state index >= 15 is 0 Å². The molecule has 1 aliphatic heterocycles. The van der Waals surface area contributed by atoms with E-state index in [4.69, 9.17) is 4.74 Å². The van der Waals surface area contributed by atoms with Crippen molar-refractivity contribution in [2.75, 3.05) is 5.32 Å². The van der Waals surface area contributed by atoms with E-state index in [2.05, 4.69) is 20.9 Å². The minimum absolute atomic E-state index is 0.366. The number of hydrogen-bond donors (Lipinski definition) is 3. The van der Waals surface area contributed by atoms with Crippen LogP contribution < -0.4 is 20.7 Å². The topological polar surface area (TPSA) is 109 Å². The molecule has 3 aromatic rings. The Hall–Kier alpha value is -3.94. The number of carbonyl (C=O) groups is 3. The summed E-state index contributed by atoms with van der Waals surface area (Å²) in [5.41, 5.74) is 3.47. The summed E-state index contributed by atoms with van der Waals surface area (Å²) in [5.74, 6) is -0.928. The van der Waals surface area contributed by atoms with Crippen LogP contribution in [-0.2, 0) is 16.2 Å². The van der Waals surface area contributed by atoms with Crippen LogP contribution in [-0.4, -0.2) is 28.9 Å². The Balaban J connectivity index is 1.38. The first-order chi connectivity index (χ1) is 14.9. The molecule has 0 aliphatic carbocycles. The minimum Gasteiger partial charge on any atom is -0.489 e. The molecular weight excluding hydrogens is 396 g/mol. The number of pyridine rings is 1. The fraction of sp³-hybridized carbons (Fsp3) is 0.217. The minimum atomic E-state index is -0.881. The number of fused-ring (bicyclic) bond motifs is 1. The summed E-state index contributed by atoms with van der Waals surface area (Å²) in [4.78, 5) is 39.9. The molecule has 158 valence electrons. The summed E-state index contributed by atoms with van der Waals surface area (Å²) in [7, 11) is 0. The number of aromatic nitrogens is 1. The van der Waals surface area contributed by atoms with Gasteiger partial charge in [-0.15, -0.1) is 0 Å². The zero-order valence-electron chi connectivity index (χ0n) is 17.1. The number of rotatable bonds is 6. The molecule has 1 aromatic heterocycles. The van der Waals surface area contributed by atoms with E-state index in [0.717, 1.165) is 22.2 Å². The number of ether oxygens (including phenoxy) is 1. The molecule has 2 unspecified atom stereocenters. The Bertz CT molecular complexity index is 1160. The van der Waals surface area contributed by atoms with Gasteiger partial charge >= 0.3 is 6.03 Å². The van der Waals surface area contributed by atoms with Crippen molar-refractivity contribution in [3.63, 3.8) is 0 Å². The predicted octanol–water partition coefficient (Wildman–Crippen LogP) is 2.90. The molecule has 2 heterocycles. The Labute approximate surface area is 179 Å². The highest BCUT2D eigenvalue weighted by atomic mass is 16.5. The lowest BCUT2D eigenvalue weighted by Crippen LogP contribution is -2.41. The third-order valence-corrected chi connectivity index (χ3v) is 5.17. The average Bonchev–Trinajstić information content (AvgIpc) is 3.10. The van der Waals surface area contributed by atoms with Gasteiger partial charge in [0.25, 0.3) is 5.91 Å². The van der Waals surface area contributed by atoms with Crippen molar-refractivity contribution in [3.8, 4) is 5.75 Å². The number of nitrogens with one attached hydrogen (secondary N) is 3. The Morgan fingerprint density at radius 1 is 1.16 bits per heavy atom. The van der Waals surface area contributed by atoms with Gasteiger partial charge in [-0.3, -0.25) is 19.9 Å². The van der Waals surface area contributed by atoms with Crippen LogP contribution in [0.1, 0.15) is 18.2 Å². The molecule has 2 atom stereocenters. The molecule has 31 heavy (non-hydrogen) atoms. The highest BCUT2D eigenvalue weighted by Crippen LogP contribution is 2.22. The SMILES string of the molecule is Cc1cc(COc2ccc(NC(=O)C(C)C3NC(=O)NC3=O)cc2)c2ccccc2n1. The number of hydrogen-bond acceptors (Lipinski definition) is 5. The second kappa shape index (κ2) is 8.43. The quantitative estimate of drug-likeness (QED) is 0.533. The van der Waals surface area contributed by atoms with Crippen LogP contribution >= 0.6 is 0 Å². The molecule has 3 N–H and O–H groups in total. The van der Waals surface area contributed by atoms with Gasteiger partial charge in [-0.05, 0) is 43.3 Å². The zero-order valence-corrected chi connectivity index (χ0v) is 17.1. The number of para-hydroxylation sites is 1. The summed E-state index contributed by atoms with van der Waals surface area (Å²) in [6.45, 7) is 3.93. The van der Waals surface area contributed by atoms with Crippen LogP contribution in [0.5, 0.6) is 5.75 Å². The van der Waals surface area contributed by atoms with Crippen LogP contribution in [0.3, 0.4) is 0 Å². The lowest BCUT2D eigenvalue weighted by Gasteiger charge is -2.16. The van der Waals surface area contributed by atoms with Gasteiger partial charge in [0, 0.05) is 22.3 Å². The van der Waals surface area contributed by atoms with Crippen molar-refractivity contribution in [2.45, 2.75) is 26.5 Å². The molecule has 8 nitrogen and oxygen atoms in total. The Morgan fingerprint density at radius 2 is 1.90 bits per heavy atom. The maximum atomic E-state index is 12.4. The molecule has 4 amide bonds. The fourth-order valence-electron chi connectivity index (χ4n) is 3.50. The number of nitrogens with zero attached hydrogens (tertiary/aromatic N) is 1. The summed E-state index contributed by atoms with van der Waals surface area (Å²) >= 11 is 0. The Morgan fingerprint density at radius 3 is 2.61 bits per heavy atom. The lowest BCUT2D eigenvalue weighted by molar-refractivity contribution is -0.127. The van der Waals surface area contributed by atoms with Crippen molar-refractivity contribution < 1.29 is 19.1 Å². The van der Waals surface area contributed by atoms with Gasteiger partial charge in [-0.2, -0.15) is 0 Å². The first kappa shape index (κ1) is 20.3. The van der Waals surface area contributed by atoms with Crippen LogP contribution in [0.15, 0.2) is 54.6 Å². The first-order valence-electron chi connectivity index (χ1n) is 9.91. The molecule has 8 heteroatoms. The zero-order chi connectivity index (χ0) is 22.0. The molecule has 1 saturated heterocycles. The van der Waals surface area contributed by atoms with E-state index in [1.807, 2.05) is 37.3 Å². The number of benzene rings is 2. The molecular formula is C23H22N4O4. The first-order valence-corrected chi connectivity index (χ1v) is 9.91.